The van der Waals surface area contributed by atoms with E-state index in [1.54, 1.807) is 0 Å². The summed E-state index contributed by atoms with van der Waals surface area (Å²) in [5, 5.41) is 0. The van der Waals surface area contributed by atoms with Crippen molar-refractivity contribution in [1.29, 1.82) is 0 Å². The van der Waals surface area contributed by atoms with E-state index in [9.17, 15) is 0 Å². The monoisotopic (exact) mass is 328 g/mol. The lowest BCUT2D eigenvalue weighted by Gasteiger charge is -2.18. The number of alkyl halides is 1. The molecule has 0 radical (unpaired) electrons. The van der Waals surface area contributed by atoms with Gasteiger partial charge in [-0.25, -0.2) is 4.98 Å². The number of fused-ring (bicyclic) bond motifs is 1. The number of imidazole rings is 1. The summed E-state index contributed by atoms with van der Waals surface area (Å²) in [6.07, 6.45) is 1.13. The van der Waals surface area contributed by atoms with Crippen molar-refractivity contribution in [2.24, 2.45) is 5.92 Å². The van der Waals surface area contributed by atoms with Gasteiger partial charge in [0.2, 0.25) is 0 Å². The molecule has 1 aromatic heterocycles. The Balaban J connectivity index is 2.53. The average molecular weight is 330 g/mol. The molecule has 0 bridgehead atoms. The van der Waals surface area contributed by atoms with Gasteiger partial charge < -0.3 is 4.57 Å². The molecular formula is C14H18BrClN2. The first-order chi connectivity index (χ1) is 8.52. The van der Waals surface area contributed by atoms with Crippen LogP contribution in [0.15, 0.2) is 22.7 Å². The van der Waals surface area contributed by atoms with Crippen LogP contribution in [-0.4, -0.2) is 9.55 Å². The Kier molecular flexibility index (Phi) is 4.33. The van der Waals surface area contributed by atoms with Crippen molar-refractivity contribution in [3.63, 3.8) is 0 Å². The second-order valence-corrected chi connectivity index (χ2v) is 6.33. The molecule has 0 saturated carbocycles. The molecule has 0 aliphatic rings. The van der Waals surface area contributed by atoms with Gasteiger partial charge in [0.15, 0.2) is 0 Å². The van der Waals surface area contributed by atoms with E-state index < -0.39 is 0 Å². The topological polar surface area (TPSA) is 17.8 Å². The van der Waals surface area contributed by atoms with Gasteiger partial charge in [0.1, 0.15) is 5.82 Å². The summed E-state index contributed by atoms with van der Waals surface area (Å²) in [5.74, 6) is 2.07. The minimum Gasteiger partial charge on any atom is -0.324 e. The Hall–Kier alpha value is -0.540. The number of aromatic nitrogens is 2. The third kappa shape index (κ3) is 2.72. The lowest BCUT2D eigenvalue weighted by Crippen LogP contribution is -2.10. The van der Waals surface area contributed by atoms with E-state index in [0.717, 1.165) is 22.2 Å². The zero-order valence-electron chi connectivity index (χ0n) is 11.0. The van der Waals surface area contributed by atoms with E-state index in [0.29, 0.717) is 17.8 Å². The van der Waals surface area contributed by atoms with Gasteiger partial charge in [-0.1, -0.05) is 29.8 Å². The standard InChI is InChI=1S/C14H18BrClN2/c1-9(2)6-10(3)18-13-5-4-11(15)7-12(13)17-14(18)8-16/h4-5,7,9-10H,6,8H2,1-3H3. The fourth-order valence-corrected chi connectivity index (χ4v) is 3.03. The molecule has 1 heterocycles. The normalized spacial score (nSPS) is 13.4. The van der Waals surface area contributed by atoms with E-state index in [1.165, 1.54) is 5.52 Å². The maximum Gasteiger partial charge on any atom is 0.125 e. The van der Waals surface area contributed by atoms with E-state index in [2.05, 4.69) is 58.4 Å². The zero-order chi connectivity index (χ0) is 13.3. The van der Waals surface area contributed by atoms with Crippen molar-refractivity contribution >= 4 is 38.6 Å². The number of hydrogen-bond acceptors (Lipinski definition) is 1. The van der Waals surface area contributed by atoms with Crippen LogP contribution in [0.3, 0.4) is 0 Å². The summed E-state index contributed by atoms with van der Waals surface area (Å²) in [7, 11) is 0. The van der Waals surface area contributed by atoms with Crippen LogP contribution >= 0.6 is 27.5 Å². The summed E-state index contributed by atoms with van der Waals surface area (Å²) in [6, 6.07) is 6.63. The first kappa shape index (κ1) is 13.9. The van der Waals surface area contributed by atoms with Crippen molar-refractivity contribution in [1.82, 2.24) is 9.55 Å². The second-order valence-electron chi connectivity index (χ2n) is 5.14. The number of halogens is 2. The Labute approximate surface area is 121 Å². The minimum absolute atomic E-state index is 0.421. The summed E-state index contributed by atoms with van der Waals surface area (Å²) in [6.45, 7) is 6.72. The molecule has 0 spiro atoms. The number of benzene rings is 1. The zero-order valence-corrected chi connectivity index (χ0v) is 13.3. The molecular weight excluding hydrogens is 312 g/mol. The third-order valence-corrected chi connectivity index (χ3v) is 3.83. The maximum absolute atomic E-state index is 6.03. The number of rotatable bonds is 4. The Morgan fingerprint density at radius 3 is 2.67 bits per heavy atom. The van der Waals surface area contributed by atoms with Crippen LogP contribution in [0.4, 0.5) is 0 Å². The molecule has 0 amide bonds. The highest BCUT2D eigenvalue weighted by Gasteiger charge is 2.16. The molecule has 0 N–H and O–H groups in total. The highest BCUT2D eigenvalue weighted by Crippen LogP contribution is 2.28. The molecule has 2 rings (SSSR count). The largest absolute Gasteiger partial charge is 0.324 e. The lowest BCUT2D eigenvalue weighted by molar-refractivity contribution is 0.428. The number of nitrogens with zero attached hydrogens (tertiary/aromatic N) is 2. The van der Waals surface area contributed by atoms with Gasteiger partial charge in [-0.15, -0.1) is 11.6 Å². The molecule has 2 aromatic rings. The SMILES string of the molecule is CC(C)CC(C)n1c(CCl)nc2cc(Br)ccc21. The van der Waals surface area contributed by atoms with Crippen LogP contribution in [0, 0.1) is 5.92 Å². The molecule has 0 fully saturated rings. The smallest absolute Gasteiger partial charge is 0.125 e. The maximum atomic E-state index is 6.03. The Morgan fingerprint density at radius 2 is 2.06 bits per heavy atom. The van der Waals surface area contributed by atoms with Crippen molar-refractivity contribution in [3.05, 3.63) is 28.5 Å². The van der Waals surface area contributed by atoms with Gasteiger partial charge in [0.05, 0.1) is 16.9 Å². The van der Waals surface area contributed by atoms with Crippen LogP contribution in [-0.2, 0) is 5.88 Å². The minimum atomic E-state index is 0.421. The molecule has 2 nitrogen and oxygen atoms in total. The van der Waals surface area contributed by atoms with Gasteiger partial charge in [0.25, 0.3) is 0 Å². The van der Waals surface area contributed by atoms with Crippen LogP contribution in [0.2, 0.25) is 0 Å². The molecule has 1 aromatic carbocycles. The molecule has 1 unspecified atom stereocenters. The molecule has 18 heavy (non-hydrogen) atoms. The lowest BCUT2D eigenvalue weighted by atomic mass is 10.0. The molecule has 0 saturated heterocycles. The highest BCUT2D eigenvalue weighted by molar-refractivity contribution is 9.10. The first-order valence-corrected chi connectivity index (χ1v) is 7.58. The fraction of sp³-hybridized carbons (Fsp3) is 0.500. The van der Waals surface area contributed by atoms with Gasteiger partial charge >= 0.3 is 0 Å². The second kappa shape index (κ2) is 5.62. The van der Waals surface area contributed by atoms with E-state index in [4.69, 9.17) is 11.6 Å². The summed E-state index contributed by atoms with van der Waals surface area (Å²) >= 11 is 9.51. The molecule has 0 aliphatic heterocycles. The fourth-order valence-electron chi connectivity index (χ4n) is 2.50. The molecule has 1 atom stereocenters. The Morgan fingerprint density at radius 1 is 1.33 bits per heavy atom. The van der Waals surface area contributed by atoms with Gasteiger partial charge in [-0.3, -0.25) is 0 Å². The Bertz CT molecular complexity index is 548. The van der Waals surface area contributed by atoms with E-state index >= 15 is 0 Å². The quantitative estimate of drug-likeness (QED) is 0.710. The summed E-state index contributed by atoms with van der Waals surface area (Å²) in [4.78, 5) is 4.62. The average Bonchev–Trinajstić information content (AvgIpc) is 2.65. The van der Waals surface area contributed by atoms with Crippen molar-refractivity contribution in [2.75, 3.05) is 0 Å². The van der Waals surface area contributed by atoms with Crippen molar-refractivity contribution in [2.45, 2.75) is 39.1 Å². The van der Waals surface area contributed by atoms with Crippen LogP contribution in [0.25, 0.3) is 11.0 Å². The predicted octanol–water partition coefficient (Wildman–Crippen LogP) is 5.14. The first-order valence-electron chi connectivity index (χ1n) is 6.25. The molecule has 98 valence electrons. The molecule has 4 heteroatoms. The summed E-state index contributed by atoms with van der Waals surface area (Å²) < 4.78 is 3.33. The van der Waals surface area contributed by atoms with Crippen molar-refractivity contribution in [3.8, 4) is 0 Å². The summed E-state index contributed by atoms with van der Waals surface area (Å²) in [5.41, 5.74) is 2.18. The van der Waals surface area contributed by atoms with E-state index in [-0.39, 0.29) is 0 Å². The van der Waals surface area contributed by atoms with Gasteiger partial charge in [0, 0.05) is 10.5 Å². The highest BCUT2D eigenvalue weighted by atomic mass is 79.9. The van der Waals surface area contributed by atoms with Crippen molar-refractivity contribution < 1.29 is 0 Å². The van der Waals surface area contributed by atoms with E-state index in [1.807, 2.05) is 6.07 Å². The van der Waals surface area contributed by atoms with Crippen LogP contribution < -0.4 is 0 Å². The van der Waals surface area contributed by atoms with Crippen LogP contribution in [0.1, 0.15) is 39.1 Å². The third-order valence-electron chi connectivity index (χ3n) is 3.10. The van der Waals surface area contributed by atoms with Crippen LogP contribution in [0.5, 0.6) is 0 Å². The predicted molar refractivity (Wildman–Crippen MR) is 81.2 cm³/mol. The number of hydrogen-bond donors (Lipinski definition) is 0. The molecule has 0 aliphatic carbocycles. The van der Waals surface area contributed by atoms with Gasteiger partial charge in [-0.2, -0.15) is 0 Å². The van der Waals surface area contributed by atoms with Gasteiger partial charge in [-0.05, 0) is 37.5 Å².